The van der Waals surface area contributed by atoms with Crippen LogP contribution in [-0.4, -0.2) is 24.0 Å². The van der Waals surface area contributed by atoms with E-state index >= 15 is 0 Å². The summed E-state index contributed by atoms with van der Waals surface area (Å²) in [6, 6.07) is 16.2. The van der Waals surface area contributed by atoms with Crippen LogP contribution in [0.5, 0.6) is 0 Å². The number of aryl methyl sites for hydroxylation is 1. The van der Waals surface area contributed by atoms with Crippen molar-refractivity contribution in [2.75, 3.05) is 23.3 Å². The van der Waals surface area contributed by atoms with Crippen molar-refractivity contribution in [2.24, 2.45) is 5.92 Å². The molecule has 1 saturated heterocycles. The van der Waals surface area contributed by atoms with Crippen molar-refractivity contribution in [1.29, 1.82) is 0 Å². The Morgan fingerprint density at radius 2 is 1.96 bits per heavy atom. The molecule has 1 aliphatic heterocycles. The van der Waals surface area contributed by atoms with E-state index in [4.69, 9.17) is 0 Å². The SMILES string of the molecule is Cc1ccc2cc(C(=O)Nc3ccc(N4CCC(C)C4)cc3)[nH]c2c1. The van der Waals surface area contributed by atoms with Crippen molar-refractivity contribution < 1.29 is 4.79 Å². The maximum atomic E-state index is 12.5. The van der Waals surface area contributed by atoms with Gasteiger partial charge in [0, 0.05) is 35.4 Å². The maximum absolute atomic E-state index is 12.5. The highest BCUT2D eigenvalue weighted by atomic mass is 16.1. The number of hydrogen-bond acceptors (Lipinski definition) is 2. The minimum absolute atomic E-state index is 0.114. The molecule has 1 amide bonds. The van der Waals surface area contributed by atoms with Gasteiger partial charge in [-0.3, -0.25) is 4.79 Å². The maximum Gasteiger partial charge on any atom is 0.272 e. The molecule has 4 heteroatoms. The number of carbonyl (C=O) groups is 1. The zero-order valence-electron chi connectivity index (χ0n) is 14.7. The van der Waals surface area contributed by atoms with Crippen LogP contribution in [0.15, 0.2) is 48.5 Å². The third kappa shape index (κ3) is 3.25. The number of fused-ring (bicyclic) bond motifs is 1. The highest BCUT2D eigenvalue weighted by Crippen LogP contribution is 2.25. The Bertz CT molecular complexity index is 911. The van der Waals surface area contributed by atoms with Crippen LogP contribution in [0.3, 0.4) is 0 Å². The first-order chi connectivity index (χ1) is 12.1. The lowest BCUT2D eigenvalue weighted by Gasteiger charge is -2.18. The molecule has 1 unspecified atom stereocenters. The molecule has 4 rings (SSSR count). The van der Waals surface area contributed by atoms with Crippen molar-refractivity contribution in [3.05, 3.63) is 59.8 Å². The zero-order chi connectivity index (χ0) is 17.4. The molecule has 1 aromatic heterocycles. The van der Waals surface area contributed by atoms with Crippen molar-refractivity contribution in [1.82, 2.24) is 4.98 Å². The summed E-state index contributed by atoms with van der Waals surface area (Å²) in [4.78, 5) is 18.1. The van der Waals surface area contributed by atoms with Crippen molar-refractivity contribution >= 4 is 28.2 Å². The smallest absolute Gasteiger partial charge is 0.272 e. The van der Waals surface area contributed by atoms with E-state index in [1.54, 1.807) is 0 Å². The summed E-state index contributed by atoms with van der Waals surface area (Å²) in [5, 5.41) is 4.02. The van der Waals surface area contributed by atoms with Crippen LogP contribution >= 0.6 is 0 Å². The lowest BCUT2D eigenvalue weighted by atomic mass is 10.2. The van der Waals surface area contributed by atoms with Crippen LogP contribution in [0, 0.1) is 12.8 Å². The fourth-order valence-corrected chi connectivity index (χ4v) is 3.49. The summed E-state index contributed by atoms with van der Waals surface area (Å²) in [7, 11) is 0. The number of nitrogens with one attached hydrogen (secondary N) is 2. The second-order valence-electron chi connectivity index (χ2n) is 7.11. The van der Waals surface area contributed by atoms with Crippen LogP contribution in [-0.2, 0) is 0 Å². The topological polar surface area (TPSA) is 48.1 Å². The summed E-state index contributed by atoms with van der Waals surface area (Å²) in [6.07, 6.45) is 1.25. The lowest BCUT2D eigenvalue weighted by Crippen LogP contribution is -2.19. The van der Waals surface area contributed by atoms with E-state index < -0.39 is 0 Å². The summed E-state index contributed by atoms with van der Waals surface area (Å²) >= 11 is 0. The molecule has 1 atom stereocenters. The van der Waals surface area contributed by atoms with Crippen LogP contribution in [0.4, 0.5) is 11.4 Å². The van der Waals surface area contributed by atoms with E-state index in [0.29, 0.717) is 5.69 Å². The molecular formula is C21H23N3O. The van der Waals surface area contributed by atoms with Crippen molar-refractivity contribution in [3.63, 3.8) is 0 Å². The molecule has 25 heavy (non-hydrogen) atoms. The number of benzene rings is 2. The number of rotatable bonds is 3. The van der Waals surface area contributed by atoms with E-state index in [1.807, 2.05) is 31.2 Å². The average molecular weight is 333 g/mol. The first-order valence-corrected chi connectivity index (χ1v) is 8.84. The zero-order valence-corrected chi connectivity index (χ0v) is 14.7. The Kier molecular flexibility index (Phi) is 3.96. The number of H-pyrrole nitrogens is 1. The molecule has 3 aromatic rings. The Morgan fingerprint density at radius 1 is 1.16 bits per heavy atom. The second-order valence-corrected chi connectivity index (χ2v) is 7.11. The molecule has 2 N–H and O–H groups in total. The normalized spacial score (nSPS) is 17.2. The third-order valence-electron chi connectivity index (χ3n) is 4.94. The van der Waals surface area contributed by atoms with Crippen LogP contribution in [0.25, 0.3) is 10.9 Å². The van der Waals surface area contributed by atoms with E-state index in [-0.39, 0.29) is 5.91 Å². The Morgan fingerprint density at radius 3 is 2.68 bits per heavy atom. The molecule has 128 valence electrons. The monoisotopic (exact) mass is 333 g/mol. The predicted octanol–water partition coefficient (Wildman–Crippen LogP) is 4.57. The summed E-state index contributed by atoms with van der Waals surface area (Å²) in [5.41, 5.74) is 4.79. The van der Waals surface area contributed by atoms with Crippen molar-refractivity contribution in [3.8, 4) is 0 Å². The number of hydrogen-bond donors (Lipinski definition) is 2. The molecule has 1 fully saturated rings. The molecule has 0 bridgehead atoms. The molecule has 2 aromatic carbocycles. The van der Waals surface area contributed by atoms with Crippen LogP contribution < -0.4 is 10.2 Å². The molecule has 2 heterocycles. The lowest BCUT2D eigenvalue weighted by molar-refractivity contribution is 0.102. The molecule has 0 radical (unpaired) electrons. The van der Waals surface area contributed by atoms with Crippen LogP contribution in [0.1, 0.15) is 29.4 Å². The number of amides is 1. The first kappa shape index (κ1) is 15.8. The summed E-state index contributed by atoms with van der Waals surface area (Å²) < 4.78 is 0. The highest BCUT2D eigenvalue weighted by Gasteiger charge is 2.18. The average Bonchev–Trinajstić information content (AvgIpc) is 3.21. The molecule has 0 saturated carbocycles. The molecule has 4 nitrogen and oxygen atoms in total. The Hall–Kier alpha value is -2.75. The Balaban J connectivity index is 1.48. The molecule has 1 aliphatic rings. The van der Waals surface area contributed by atoms with E-state index in [0.717, 1.165) is 35.6 Å². The third-order valence-corrected chi connectivity index (χ3v) is 4.94. The highest BCUT2D eigenvalue weighted by molar-refractivity contribution is 6.06. The minimum atomic E-state index is -0.114. The quantitative estimate of drug-likeness (QED) is 0.737. The van der Waals surface area contributed by atoms with Crippen LogP contribution in [0.2, 0.25) is 0 Å². The van der Waals surface area contributed by atoms with E-state index in [1.165, 1.54) is 17.7 Å². The first-order valence-electron chi connectivity index (χ1n) is 8.84. The number of aromatic amines is 1. The van der Waals surface area contributed by atoms with Gasteiger partial charge in [0.2, 0.25) is 0 Å². The van der Waals surface area contributed by atoms with Gasteiger partial charge >= 0.3 is 0 Å². The number of aromatic nitrogens is 1. The molecular weight excluding hydrogens is 310 g/mol. The van der Waals surface area contributed by atoms with Gasteiger partial charge in [0.25, 0.3) is 5.91 Å². The fourth-order valence-electron chi connectivity index (χ4n) is 3.49. The largest absolute Gasteiger partial charge is 0.371 e. The van der Waals surface area contributed by atoms with Gasteiger partial charge in [-0.1, -0.05) is 19.1 Å². The standard InChI is InChI=1S/C21H23N3O/c1-14-3-4-16-12-20(23-19(16)11-14)21(25)22-17-5-7-18(8-6-17)24-10-9-15(2)13-24/h3-8,11-12,15,23H,9-10,13H2,1-2H3,(H,22,25). The molecule has 0 spiro atoms. The van der Waals surface area contributed by atoms with E-state index in [2.05, 4.69) is 46.4 Å². The number of nitrogens with zero attached hydrogens (tertiary/aromatic N) is 1. The number of carbonyl (C=O) groups excluding carboxylic acids is 1. The van der Waals surface area contributed by atoms with Gasteiger partial charge in [0.1, 0.15) is 5.69 Å². The Labute approximate surface area is 147 Å². The predicted molar refractivity (Wildman–Crippen MR) is 103 cm³/mol. The minimum Gasteiger partial charge on any atom is -0.371 e. The van der Waals surface area contributed by atoms with Gasteiger partial charge in [0.05, 0.1) is 0 Å². The van der Waals surface area contributed by atoms with Crippen molar-refractivity contribution in [2.45, 2.75) is 20.3 Å². The van der Waals surface area contributed by atoms with Gasteiger partial charge in [-0.15, -0.1) is 0 Å². The second kappa shape index (κ2) is 6.28. The van der Waals surface area contributed by atoms with E-state index in [9.17, 15) is 4.79 Å². The van der Waals surface area contributed by atoms with Gasteiger partial charge < -0.3 is 15.2 Å². The summed E-state index contributed by atoms with van der Waals surface area (Å²) in [6.45, 7) is 6.56. The van der Waals surface area contributed by atoms with Gasteiger partial charge in [-0.25, -0.2) is 0 Å². The number of anilines is 2. The van der Waals surface area contributed by atoms with Gasteiger partial charge in [-0.05, 0) is 61.2 Å². The van der Waals surface area contributed by atoms with Gasteiger partial charge in [0.15, 0.2) is 0 Å². The molecule has 0 aliphatic carbocycles. The fraction of sp³-hybridized carbons (Fsp3) is 0.286. The summed E-state index contributed by atoms with van der Waals surface area (Å²) in [5.74, 6) is 0.640. The van der Waals surface area contributed by atoms with Gasteiger partial charge in [-0.2, -0.15) is 0 Å².